The van der Waals surface area contributed by atoms with E-state index in [1.807, 2.05) is 49.0 Å². The standard InChI is InChI=1S/C22H27N5O2/c1-16(2)27-21(13-18(25-27)20-9-6-12-29-20)24-22(28)19-8-3-4-11-26(19)15-17-7-5-10-23-14-17/h5-7,9-10,12-14,16,19H,3-4,8,11,15H2,1-2H3,(H,24,28). The van der Waals surface area contributed by atoms with Gasteiger partial charge in [-0.1, -0.05) is 12.5 Å². The molecule has 0 spiro atoms. The lowest BCUT2D eigenvalue weighted by Crippen LogP contribution is -2.46. The van der Waals surface area contributed by atoms with Gasteiger partial charge in [-0.05, 0) is 57.0 Å². The van der Waals surface area contributed by atoms with Crippen LogP contribution in [0.3, 0.4) is 0 Å². The van der Waals surface area contributed by atoms with Crippen LogP contribution in [0.4, 0.5) is 5.82 Å². The van der Waals surface area contributed by atoms with E-state index < -0.39 is 0 Å². The van der Waals surface area contributed by atoms with E-state index in [1.165, 1.54) is 0 Å². The van der Waals surface area contributed by atoms with Crippen LogP contribution in [0.25, 0.3) is 11.5 Å². The maximum Gasteiger partial charge on any atom is 0.242 e. The van der Waals surface area contributed by atoms with Gasteiger partial charge in [0.2, 0.25) is 5.91 Å². The summed E-state index contributed by atoms with van der Waals surface area (Å²) >= 11 is 0. The summed E-state index contributed by atoms with van der Waals surface area (Å²) in [7, 11) is 0. The van der Waals surface area contributed by atoms with Gasteiger partial charge >= 0.3 is 0 Å². The van der Waals surface area contributed by atoms with Crippen LogP contribution < -0.4 is 5.32 Å². The number of furan rings is 1. The average molecular weight is 393 g/mol. The van der Waals surface area contributed by atoms with Crippen molar-refractivity contribution in [2.45, 2.75) is 51.7 Å². The molecule has 1 unspecified atom stereocenters. The minimum absolute atomic E-state index is 0.0152. The molecule has 0 saturated carbocycles. The number of hydrogen-bond acceptors (Lipinski definition) is 5. The van der Waals surface area contributed by atoms with E-state index >= 15 is 0 Å². The van der Waals surface area contributed by atoms with Gasteiger partial charge in [0.15, 0.2) is 5.76 Å². The number of pyridine rings is 1. The number of likely N-dealkylation sites (tertiary alicyclic amines) is 1. The van der Waals surface area contributed by atoms with Crippen molar-refractivity contribution in [1.82, 2.24) is 19.7 Å². The lowest BCUT2D eigenvalue weighted by atomic mass is 10.0. The van der Waals surface area contributed by atoms with Crippen molar-refractivity contribution in [3.8, 4) is 11.5 Å². The number of nitrogens with zero attached hydrogens (tertiary/aromatic N) is 4. The molecule has 7 nitrogen and oxygen atoms in total. The number of carbonyl (C=O) groups excluding carboxylic acids is 1. The number of piperidine rings is 1. The van der Waals surface area contributed by atoms with E-state index in [9.17, 15) is 4.79 Å². The molecule has 1 N–H and O–H groups in total. The fraction of sp³-hybridized carbons (Fsp3) is 0.409. The minimum atomic E-state index is -0.161. The summed E-state index contributed by atoms with van der Waals surface area (Å²) in [6.07, 6.45) is 8.28. The number of aromatic nitrogens is 3. The summed E-state index contributed by atoms with van der Waals surface area (Å²) in [5.74, 6) is 1.40. The van der Waals surface area contributed by atoms with Crippen LogP contribution in [0, 0.1) is 0 Å². The molecule has 3 aromatic heterocycles. The molecule has 3 aromatic rings. The lowest BCUT2D eigenvalue weighted by Gasteiger charge is -2.34. The molecular weight excluding hydrogens is 366 g/mol. The lowest BCUT2D eigenvalue weighted by molar-refractivity contribution is -0.122. The van der Waals surface area contributed by atoms with E-state index in [1.54, 1.807) is 12.5 Å². The normalized spacial score (nSPS) is 17.6. The van der Waals surface area contributed by atoms with Crippen LogP contribution in [0.5, 0.6) is 0 Å². The van der Waals surface area contributed by atoms with Crippen LogP contribution in [-0.4, -0.2) is 38.2 Å². The van der Waals surface area contributed by atoms with E-state index in [0.29, 0.717) is 11.6 Å². The van der Waals surface area contributed by atoms with Crippen molar-refractivity contribution in [2.24, 2.45) is 0 Å². The highest BCUT2D eigenvalue weighted by atomic mass is 16.3. The van der Waals surface area contributed by atoms with Crippen LogP contribution in [0.1, 0.15) is 44.7 Å². The Morgan fingerprint density at radius 3 is 2.93 bits per heavy atom. The van der Waals surface area contributed by atoms with Crippen LogP contribution in [0.2, 0.25) is 0 Å². The topological polar surface area (TPSA) is 76.2 Å². The highest BCUT2D eigenvalue weighted by Crippen LogP contribution is 2.26. The van der Waals surface area contributed by atoms with E-state index in [2.05, 4.69) is 26.4 Å². The summed E-state index contributed by atoms with van der Waals surface area (Å²) < 4.78 is 7.31. The SMILES string of the molecule is CC(C)n1nc(-c2ccco2)cc1NC(=O)C1CCCCN1Cc1cccnc1. The molecular formula is C22H27N5O2. The monoisotopic (exact) mass is 393 g/mol. The Hall–Kier alpha value is -2.93. The van der Waals surface area contributed by atoms with Crippen molar-refractivity contribution in [2.75, 3.05) is 11.9 Å². The fourth-order valence-corrected chi connectivity index (χ4v) is 3.84. The molecule has 1 saturated heterocycles. The number of amides is 1. The Labute approximate surface area is 170 Å². The van der Waals surface area contributed by atoms with Crippen LogP contribution >= 0.6 is 0 Å². The Balaban J connectivity index is 1.53. The molecule has 0 aliphatic carbocycles. The summed E-state index contributed by atoms with van der Waals surface area (Å²) in [6.45, 7) is 5.73. The highest BCUT2D eigenvalue weighted by molar-refractivity contribution is 5.94. The van der Waals surface area contributed by atoms with Gasteiger partial charge in [-0.3, -0.25) is 14.7 Å². The molecule has 7 heteroatoms. The van der Waals surface area contributed by atoms with Crippen molar-refractivity contribution in [3.05, 3.63) is 54.6 Å². The summed E-state index contributed by atoms with van der Waals surface area (Å²) in [5.41, 5.74) is 1.84. The quantitative estimate of drug-likeness (QED) is 0.682. The van der Waals surface area contributed by atoms with Crippen molar-refractivity contribution in [1.29, 1.82) is 0 Å². The second kappa shape index (κ2) is 8.61. The number of hydrogen-bond donors (Lipinski definition) is 1. The van der Waals surface area contributed by atoms with E-state index in [-0.39, 0.29) is 18.0 Å². The van der Waals surface area contributed by atoms with Gasteiger partial charge in [-0.2, -0.15) is 5.10 Å². The Morgan fingerprint density at radius 2 is 2.21 bits per heavy atom. The summed E-state index contributed by atoms with van der Waals surface area (Å²) in [4.78, 5) is 19.7. The molecule has 1 aliphatic heterocycles. The van der Waals surface area contributed by atoms with Gasteiger partial charge in [-0.15, -0.1) is 0 Å². The van der Waals surface area contributed by atoms with Gasteiger partial charge in [0.25, 0.3) is 0 Å². The Kier molecular flexibility index (Phi) is 5.76. The molecule has 1 aliphatic rings. The Morgan fingerprint density at radius 1 is 1.31 bits per heavy atom. The smallest absolute Gasteiger partial charge is 0.242 e. The van der Waals surface area contributed by atoms with Crippen molar-refractivity contribution in [3.63, 3.8) is 0 Å². The van der Waals surface area contributed by atoms with Gasteiger partial charge in [0.05, 0.1) is 12.3 Å². The summed E-state index contributed by atoms with van der Waals surface area (Å²) in [5, 5.41) is 7.75. The second-order valence-electron chi connectivity index (χ2n) is 7.76. The van der Waals surface area contributed by atoms with E-state index in [0.717, 1.165) is 43.6 Å². The van der Waals surface area contributed by atoms with Gasteiger partial charge in [0, 0.05) is 31.0 Å². The molecule has 0 bridgehead atoms. The van der Waals surface area contributed by atoms with Gasteiger partial charge in [0.1, 0.15) is 11.5 Å². The van der Waals surface area contributed by atoms with Crippen LogP contribution in [0.15, 0.2) is 53.4 Å². The van der Waals surface area contributed by atoms with Crippen LogP contribution in [-0.2, 0) is 11.3 Å². The maximum atomic E-state index is 13.2. The maximum absolute atomic E-state index is 13.2. The molecule has 4 rings (SSSR count). The first-order valence-electron chi connectivity index (χ1n) is 10.2. The Bertz CT molecular complexity index is 934. The van der Waals surface area contributed by atoms with Crippen molar-refractivity contribution >= 4 is 11.7 Å². The van der Waals surface area contributed by atoms with Gasteiger partial charge in [-0.25, -0.2) is 4.68 Å². The highest BCUT2D eigenvalue weighted by Gasteiger charge is 2.29. The third-order valence-electron chi connectivity index (χ3n) is 5.27. The predicted octanol–water partition coefficient (Wildman–Crippen LogP) is 4.11. The number of rotatable bonds is 6. The molecule has 0 aromatic carbocycles. The third kappa shape index (κ3) is 4.40. The first-order valence-corrected chi connectivity index (χ1v) is 10.2. The zero-order valence-corrected chi connectivity index (χ0v) is 16.9. The minimum Gasteiger partial charge on any atom is -0.463 e. The zero-order valence-electron chi connectivity index (χ0n) is 16.9. The molecule has 152 valence electrons. The predicted molar refractivity (Wildman–Crippen MR) is 111 cm³/mol. The van der Waals surface area contributed by atoms with Crippen molar-refractivity contribution < 1.29 is 9.21 Å². The van der Waals surface area contributed by atoms with Gasteiger partial charge < -0.3 is 9.73 Å². The first kappa shape index (κ1) is 19.4. The fourth-order valence-electron chi connectivity index (χ4n) is 3.84. The molecule has 1 fully saturated rings. The molecule has 29 heavy (non-hydrogen) atoms. The average Bonchev–Trinajstić information content (AvgIpc) is 3.39. The zero-order chi connectivity index (χ0) is 20.2. The summed E-state index contributed by atoms with van der Waals surface area (Å²) in [6, 6.07) is 9.53. The number of anilines is 1. The molecule has 0 radical (unpaired) electrons. The third-order valence-corrected chi connectivity index (χ3v) is 5.27. The number of nitrogens with one attached hydrogen (secondary N) is 1. The molecule has 1 atom stereocenters. The first-order chi connectivity index (χ1) is 14.1. The molecule has 4 heterocycles. The molecule has 1 amide bonds. The largest absolute Gasteiger partial charge is 0.463 e. The number of carbonyl (C=O) groups is 1. The second-order valence-corrected chi connectivity index (χ2v) is 7.76. The van der Waals surface area contributed by atoms with E-state index in [4.69, 9.17) is 4.42 Å².